The highest BCUT2D eigenvalue weighted by Crippen LogP contribution is 2.24. The molecule has 7 heteroatoms. The summed E-state index contributed by atoms with van der Waals surface area (Å²) in [7, 11) is 1.55. The molecule has 0 amide bonds. The third-order valence-corrected chi connectivity index (χ3v) is 2.53. The molecule has 0 radical (unpaired) electrons. The molecule has 0 aliphatic rings. The van der Waals surface area contributed by atoms with Gasteiger partial charge in [0, 0.05) is 6.07 Å². The maximum atomic E-state index is 5.86. The van der Waals surface area contributed by atoms with Crippen LogP contribution in [-0.4, -0.2) is 21.6 Å². The summed E-state index contributed by atoms with van der Waals surface area (Å²) in [5.41, 5.74) is 5.86. The van der Waals surface area contributed by atoms with Crippen LogP contribution in [0.1, 0.15) is 16.7 Å². The third kappa shape index (κ3) is 1.59. The molecule has 14 heavy (non-hydrogen) atoms. The minimum atomic E-state index is -0.407. The van der Waals surface area contributed by atoms with E-state index in [2.05, 4.69) is 19.0 Å². The van der Waals surface area contributed by atoms with Gasteiger partial charge in [0.25, 0.3) is 0 Å². The Morgan fingerprint density at radius 1 is 1.64 bits per heavy atom. The van der Waals surface area contributed by atoms with Crippen molar-refractivity contribution in [2.45, 2.75) is 6.04 Å². The first-order valence-electron chi connectivity index (χ1n) is 3.83. The molecule has 0 spiro atoms. The standard InChI is InChI=1S/C7H8N4O2S/c1-12-5-2-4(14-11-5)6(8)7-9-3-13-10-7/h2-3,6H,8H2,1H3. The fourth-order valence-corrected chi connectivity index (χ4v) is 1.65. The van der Waals surface area contributed by atoms with Gasteiger partial charge in [-0.15, -0.1) is 0 Å². The molecule has 0 aromatic carbocycles. The third-order valence-electron chi connectivity index (χ3n) is 1.68. The number of ether oxygens (including phenoxy) is 1. The van der Waals surface area contributed by atoms with Crippen molar-refractivity contribution in [2.75, 3.05) is 7.11 Å². The Hall–Kier alpha value is -1.47. The molecule has 2 heterocycles. The minimum Gasteiger partial charge on any atom is -0.480 e. The molecule has 2 aromatic rings. The van der Waals surface area contributed by atoms with Crippen LogP contribution in [0.5, 0.6) is 5.88 Å². The number of nitrogens with two attached hydrogens (primary N) is 1. The topological polar surface area (TPSA) is 87.1 Å². The molecule has 6 nitrogen and oxygen atoms in total. The van der Waals surface area contributed by atoms with E-state index in [9.17, 15) is 0 Å². The van der Waals surface area contributed by atoms with Crippen molar-refractivity contribution in [3.8, 4) is 5.88 Å². The first kappa shape index (κ1) is 9.10. The van der Waals surface area contributed by atoms with Crippen molar-refractivity contribution in [1.29, 1.82) is 0 Å². The number of aromatic nitrogens is 3. The Bertz CT molecular complexity index is 399. The van der Waals surface area contributed by atoms with Crippen LogP contribution >= 0.6 is 11.5 Å². The van der Waals surface area contributed by atoms with Crippen LogP contribution < -0.4 is 10.5 Å². The van der Waals surface area contributed by atoms with Crippen LogP contribution in [0.25, 0.3) is 0 Å². The summed E-state index contributed by atoms with van der Waals surface area (Å²) in [6, 6.07) is 1.35. The van der Waals surface area contributed by atoms with Gasteiger partial charge in [0.15, 0.2) is 5.82 Å². The second kappa shape index (κ2) is 3.72. The molecule has 0 aliphatic carbocycles. The first-order valence-corrected chi connectivity index (χ1v) is 4.61. The van der Waals surface area contributed by atoms with E-state index in [0.717, 1.165) is 4.88 Å². The van der Waals surface area contributed by atoms with E-state index in [0.29, 0.717) is 11.7 Å². The van der Waals surface area contributed by atoms with Gasteiger partial charge in [0.05, 0.1) is 12.0 Å². The molecular weight excluding hydrogens is 204 g/mol. The van der Waals surface area contributed by atoms with Gasteiger partial charge in [-0.25, -0.2) is 0 Å². The predicted molar refractivity (Wildman–Crippen MR) is 49.0 cm³/mol. The summed E-state index contributed by atoms with van der Waals surface area (Å²) in [5, 5.41) is 3.65. The lowest BCUT2D eigenvalue weighted by Crippen LogP contribution is -2.11. The molecule has 0 bridgehead atoms. The average Bonchev–Trinajstić information content (AvgIpc) is 2.88. The minimum absolute atomic E-state index is 0.407. The highest BCUT2D eigenvalue weighted by atomic mass is 32.1. The van der Waals surface area contributed by atoms with Crippen molar-refractivity contribution in [3.05, 3.63) is 23.2 Å². The summed E-state index contributed by atoms with van der Waals surface area (Å²) in [5.74, 6) is 0.986. The number of methoxy groups -OCH3 is 1. The predicted octanol–water partition coefficient (Wildman–Crippen LogP) is 0.583. The Morgan fingerprint density at radius 3 is 3.07 bits per heavy atom. The van der Waals surface area contributed by atoms with Gasteiger partial charge >= 0.3 is 0 Å². The van der Waals surface area contributed by atoms with Gasteiger partial charge in [-0.2, -0.15) is 9.36 Å². The van der Waals surface area contributed by atoms with Gasteiger partial charge in [-0.1, -0.05) is 5.16 Å². The molecule has 0 saturated carbocycles. The largest absolute Gasteiger partial charge is 0.480 e. The molecule has 1 atom stereocenters. The van der Waals surface area contributed by atoms with E-state index < -0.39 is 6.04 Å². The van der Waals surface area contributed by atoms with Crippen LogP contribution in [0.15, 0.2) is 17.0 Å². The Labute approximate surface area is 83.9 Å². The lowest BCUT2D eigenvalue weighted by atomic mass is 10.2. The Kier molecular flexibility index (Phi) is 2.42. The van der Waals surface area contributed by atoms with E-state index in [4.69, 9.17) is 10.5 Å². The second-order valence-electron chi connectivity index (χ2n) is 2.54. The van der Waals surface area contributed by atoms with E-state index in [1.54, 1.807) is 13.2 Å². The van der Waals surface area contributed by atoms with Crippen molar-refractivity contribution in [1.82, 2.24) is 14.5 Å². The maximum absolute atomic E-state index is 5.86. The smallest absolute Gasteiger partial charge is 0.225 e. The second-order valence-corrected chi connectivity index (χ2v) is 3.38. The number of hydrogen-bond donors (Lipinski definition) is 1. The Morgan fingerprint density at radius 2 is 2.50 bits per heavy atom. The van der Waals surface area contributed by atoms with E-state index in [1.165, 1.54) is 17.9 Å². The maximum Gasteiger partial charge on any atom is 0.225 e. The fraction of sp³-hybridized carbons (Fsp3) is 0.286. The van der Waals surface area contributed by atoms with Crippen LogP contribution in [0.4, 0.5) is 0 Å². The Balaban J connectivity index is 2.23. The first-order chi connectivity index (χ1) is 6.81. The van der Waals surface area contributed by atoms with Crippen LogP contribution in [0, 0.1) is 0 Å². The number of nitrogens with zero attached hydrogens (tertiary/aromatic N) is 3. The molecule has 1 unspecified atom stereocenters. The van der Waals surface area contributed by atoms with Crippen molar-refractivity contribution < 1.29 is 9.26 Å². The molecule has 0 saturated heterocycles. The van der Waals surface area contributed by atoms with Crippen molar-refractivity contribution >= 4 is 11.5 Å². The quantitative estimate of drug-likeness (QED) is 0.800. The van der Waals surface area contributed by atoms with E-state index >= 15 is 0 Å². The lowest BCUT2D eigenvalue weighted by Gasteiger charge is -2.00. The number of hydrogen-bond acceptors (Lipinski definition) is 7. The van der Waals surface area contributed by atoms with Gasteiger partial charge in [0.2, 0.25) is 12.3 Å². The zero-order chi connectivity index (χ0) is 9.97. The van der Waals surface area contributed by atoms with E-state index in [1.807, 2.05) is 0 Å². The number of rotatable bonds is 3. The van der Waals surface area contributed by atoms with Crippen LogP contribution in [0.3, 0.4) is 0 Å². The summed E-state index contributed by atoms with van der Waals surface area (Å²) in [6.45, 7) is 0. The highest BCUT2D eigenvalue weighted by molar-refractivity contribution is 7.06. The van der Waals surface area contributed by atoms with Gasteiger partial charge in [-0.05, 0) is 11.5 Å². The molecule has 2 N–H and O–H groups in total. The van der Waals surface area contributed by atoms with Gasteiger partial charge < -0.3 is 15.0 Å². The van der Waals surface area contributed by atoms with Crippen molar-refractivity contribution in [2.24, 2.45) is 5.73 Å². The molecular formula is C7H8N4O2S. The molecule has 2 aromatic heterocycles. The van der Waals surface area contributed by atoms with E-state index in [-0.39, 0.29) is 0 Å². The monoisotopic (exact) mass is 212 g/mol. The average molecular weight is 212 g/mol. The summed E-state index contributed by atoms with van der Waals surface area (Å²) in [6.07, 6.45) is 1.24. The summed E-state index contributed by atoms with van der Waals surface area (Å²) < 4.78 is 13.6. The fourth-order valence-electron chi connectivity index (χ4n) is 0.958. The zero-order valence-corrected chi connectivity index (χ0v) is 8.19. The molecule has 0 fully saturated rings. The van der Waals surface area contributed by atoms with Crippen LogP contribution in [-0.2, 0) is 0 Å². The molecule has 0 aliphatic heterocycles. The molecule has 74 valence electrons. The van der Waals surface area contributed by atoms with Gasteiger partial charge in [0.1, 0.15) is 6.04 Å². The lowest BCUT2D eigenvalue weighted by molar-refractivity contribution is 0.401. The summed E-state index contributed by atoms with van der Waals surface area (Å²) >= 11 is 1.26. The van der Waals surface area contributed by atoms with Crippen LogP contribution in [0.2, 0.25) is 0 Å². The van der Waals surface area contributed by atoms with Crippen molar-refractivity contribution in [3.63, 3.8) is 0 Å². The zero-order valence-electron chi connectivity index (χ0n) is 7.38. The molecule has 2 rings (SSSR count). The highest BCUT2D eigenvalue weighted by Gasteiger charge is 2.16. The summed E-state index contributed by atoms with van der Waals surface area (Å²) in [4.78, 5) is 4.70. The normalized spacial score (nSPS) is 12.7. The SMILES string of the molecule is COc1cc(C(N)c2ncon2)sn1. The van der Waals surface area contributed by atoms with Gasteiger partial charge in [-0.3, -0.25) is 0 Å².